The van der Waals surface area contributed by atoms with Crippen LogP contribution in [0.2, 0.25) is 5.02 Å². The highest BCUT2D eigenvalue weighted by molar-refractivity contribution is 6.34. The number of nitrogens with zero attached hydrogens (tertiary/aromatic N) is 1. The second kappa shape index (κ2) is 8.84. The summed E-state index contributed by atoms with van der Waals surface area (Å²) in [5, 5.41) is 13.6. The van der Waals surface area contributed by atoms with Crippen molar-refractivity contribution < 1.29 is 19.2 Å². The molecule has 1 aliphatic rings. The lowest BCUT2D eigenvalue weighted by atomic mass is 9.89. The molecule has 28 heavy (non-hydrogen) atoms. The number of amides is 1. The molecule has 8 heteroatoms. The summed E-state index contributed by atoms with van der Waals surface area (Å²) in [6.07, 6.45) is 4.97. The Labute approximate surface area is 166 Å². The van der Waals surface area contributed by atoms with E-state index in [1.54, 1.807) is 24.3 Å². The number of hydrogen-bond donors (Lipinski definition) is 1. The molecule has 2 aromatic carbocycles. The summed E-state index contributed by atoms with van der Waals surface area (Å²) in [6, 6.07) is 10.0. The zero-order valence-electron chi connectivity index (χ0n) is 15.0. The first-order valence-corrected chi connectivity index (χ1v) is 9.39. The number of carbonyl (C=O) groups excluding carboxylic acids is 2. The number of non-ortho nitro benzene ring substituents is 1. The number of nitrogens with one attached hydrogen (secondary N) is 1. The number of esters is 1. The summed E-state index contributed by atoms with van der Waals surface area (Å²) in [5.74, 6) is -0.438. The van der Waals surface area contributed by atoms with Crippen molar-refractivity contribution in [3.05, 3.63) is 63.2 Å². The van der Waals surface area contributed by atoms with Crippen molar-refractivity contribution in [2.24, 2.45) is 5.92 Å². The summed E-state index contributed by atoms with van der Waals surface area (Å²) in [6.45, 7) is 0. The predicted octanol–water partition coefficient (Wildman–Crippen LogP) is 4.99. The second-order valence-electron chi connectivity index (χ2n) is 6.66. The maximum atomic E-state index is 12.4. The molecule has 2 aromatic rings. The van der Waals surface area contributed by atoms with Gasteiger partial charge in [-0.25, -0.2) is 0 Å². The molecule has 1 amide bonds. The molecule has 1 fully saturated rings. The molecule has 7 nitrogen and oxygen atoms in total. The maximum Gasteiger partial charge on any atom is 0.314 e. The largest absolute Gasteiger partial charge is 0.426 e. The van der Waals surface area contributed by atoms with Crippen LogP contribution < -0.4 is 10.1 Å². The number of rotatable bonds is 5. The highest BCUT2D eigenvalue weighted by atomic mass is 35.5. The topological polar surface area (TPSA) is 98.5 Å². The van der Waals surface area contributed by atoms with Crippen LogP contribution in [-0.4, -0.2) is 16.8 Å². The van der Waals surface area contributed by atoms with E-state index in [9.17, 15) is 19.7 Å². The summed E-state index contributed by atoms with van der Waals surface area (Å²) in [4.78, 5) is 34.8. The second-order valence-corrected chi connectivity index (χ2v) is 7.06. The van der Waals surface area contributed by atoms with Gasteiger partial charge in [-0.1, -0.05) is 30.9 Å². The van der Waals surface area contributed by atoms with Crippen molar-refractivity contribution in [2.75, 3.05) is 5.32 Å². The van der Waals surface area contributed by atoms with Crippen LogP contribution in [0.1, 0.15) is 42.5 Å². The molecule has 0 bridgehead atoms. The number of nitro groups is 1. The van der Waals surface area contributed by atoms with Crippen molar-refractivity contribution in [2.45, 2.75) is 32.1 Å². The standard InChI is InChI=1S/C20H19ClN2O5/c21-18-11-8-15(23(26)27)12-17(18)19(24)22-14-6-9-16(10-7-14)28-20(25)13-4-2-1-3-5-13/h6-13H,1-5H2,(H,22,24). The molecular formula is C20H19ClN2O5. The third kappa shape index (κ3) is 4.86. The van der Waals surface area contributed by atoms with Gasteiger partial charge < -0.3 is 10.1 Å². The fourth-order valence-electron chi connectivity index (χ4n) is 3.14. The van der Waals surface area contributed by atoms with Crippen LogP contribution in [0.4, 0.5) is 11.4 Å². The van der Waals surface area contributed by atoms with Crippen LogP contribution in [0.25, 0.3) is 0 Å². The number of anilines is 1. The third-order valence-electron chi connectivity index (χ3n) is 4.67. The lowest BCUT2D eigenvalue weighted by Crippen LogP contribution is -2.22. The Morgan fingerprint density at radius 3 is 2.39 bits per heavy atom. The quantitative estimate of drug-likeness (QED) is 0.329. The van der Waals surface area contributed by atoms with E-state index in [-0.39, 0.29) is 28.2 Å². The van der Waals surface area contributed by atoms with Crippen LogP contribution in [0.3, 0.4) is 0 Å². The first-order valence-electron chi connectivity index (χ1n) is 9.01. The van der Waals surface area contributed by atoms with Gasteiger partial charge in [0.15, 0.2) is 0 Å². The maximum absolute atomic E-state index is 12.4. The van der Waals surface area contributed by atoms with Crippen LogP contribution >= 0.6 is 11.6 Å². The number of carbonyl (C=O) groups is 2. The van der Waals surface area contributed by atoms with E-state index < -0.39 is 10.8 Å². The van der Waals surface area contributed by atoms with Crippen molar-refractivity contribution in [1.29, 1.82) is 0 Å². The molecule has 0 atom stereocenters. The minimum atomic E-state index is -0.595. The average molecular weight is 403 g/mol. The highest BCUT2D eigenvalue weighted by Gasteiger charge is 2.23. The number of halogens is 1. The molecule has 146 valence electrons. The minimum absolute atomic E-state index is 0.00340. The number of hydrogen-bond acceptors (Lipinski definition) is 5. The average Bonchev–Trinajstić information content (AvgIpc) is 2.70. The molecule has 0 saturated heterocycles. The van der Waals surface area contributed by atoms with Crippen LogP contribution in [0.5, 0.6) is 5.75 Å². The molecule has 1 N–H and O–H groups in total. The van der Waals surface area contributed by atoms with Gasteiger partial charge in [0.25, 0.3) is 11.6 Å². The summed E-state index contributed by atoms with van der Waals surface area (Å²) >= 11 is 5.98. The molecule has 0 spiro atoms. The van der Waals surface area contributed by atoms with E-state index in [2.05, 4.69) is 5.32 Å². The summed E-state index contributed by atoms with van der Waals surface area (Å²) in [7, 11) is 0. The Hall–Kier alpha value is -2.93. The molecule has 3 rings (SSSR count). The van der Waals surface area contributed by atoms with Gasteiger partial charge in [0.2, 0.25) is 0 Å². The summed E-state index contributed by atoms with van der Waals surface area (Å²) < 4.78 is 5.41. The van der Waals surface area contributed by atoms with E-state index in [1.165, 1.54) is 12.1 Å². The number of ether oxygens (including phenoxy) is 1. The Balaban J connectivity index is 1.64. The van der Waals surface area contributed by atoms with Crippen molar-refractivity contribution >= 4 is 34.9 Å². The number of nitro benzene ring substituents is 1. The smallest absolute Gasteiger partial charge is 0.314 e. The van der Waals surface area contributed by atoms with Gasteiger partial charge in [0.05, 0.1) is 21.4 Å². The molecule has 0 aromatic heterocycles. The molecule has 1 saturated carbocycles. The van der Waals surface area contributed by atoms with E-state index in [0.29, 0.717) is 11.4 Å². The van der Waals surface area contributed by atoms with E-state index in [1.807, 2.05) is 0 Å². The third-order valence-corrected chi connectivity index (χ3v) is 5.00. The van der Waals surface area contributed by atoms with Gasteiger partial charge in [-0.05, 0) is 43.2 Å². The molecule has 1 aliphatic carbocycles. The van der Waals surface area contributed by atoms with Crippen LogP contribution in [0, 0.1) is 16.0 Å². The molecule has 0 heterocycles. The highest BCUT2D eigenvalue weighted by Crippen LogP contribution is 2.27. The van der Waals surface area contributed by atoms with E-state index >= 15 is 0 Å². The van der Waals surface area contributed by atoms with Crippen molar-refractivity contribution in [3.8, 4) is 5.75 Å². The predicted molar refractivity (Wildman–Crippen MR) is 105 cm³/mol. The zero-order valence-corrected chi connectivity index (χ0v) is 15.8. The SMILES string of the molecule is O=C(Nc1ccc(OC(=O)C2CCCCC2)cc1)c1cc([N+](=O)[O-])ccc1Cl. The first-order chi connectivity index (χ1) is 13.4. The fraction of sp³-hybridized carbons (Fsp3) is 0.300. The molecule has 0 radical (unpaired) electrons. The minimum Gasteiger partial charge on any atom is -0.426 e. The molecule has 0 aliphatic heterocycles. The lowest BCUT2D eigenvalue weighted by Gasteiger charge is -2.19. The zero-order chi connectivity index (χ0) is 20.1. The molecular weight excluding hydrogens is 384 g/mol. The summed E-state index contributed by atoms with van der Waals surface area (Å²) in [5.41, 5.74) is 0.230. The van der Waals surface area contributed by atoms with E-state index in [4.69, 9.17) is 16.3 Å². The van der Waals surface area contributed by atoms with E-state index in [0.717, 1.165) is 38.2 Å². The van der Waals surface area contributed by atoms with Gasteiger partial charge in [-0.3, -0.25) is 19.7 Å². The lowest BCUT2D eigenvalue weighted by molar-refractivity contribution is -0.384. The van der Waals surface area contributed by atoms with Gasteiger partial charge in [-0.2, -0.15) is 0 Å². The normalized spacial score (nSPS) is 14.3. The van der Waals surface area contributed by atoms with Crippen molar-refractivity contribution in [3.63, 3.8) is 0 Å². The monoisotopic (exact) mass is 402 g/mol. The Bertz CT molecular complexity index is 892. The Morgan fingerprint density at radius 2 is 1.75 bits per heavy atom. The first kappa shape index (κ1) is 19.8. The van der Waals surface area contributed by atoms with Gasteiger partial charge in [-0.15, -0.1) is 0 Å². The van der Waals surface area contributed by atoms with Gasteiger partial charge in [0.1, 0.15) is 5.75 Å². The fourth-order valence-corrected chi connectivity index (χ4v) is 3.35. The number of benzene rings is 2. The van der Waals surface area contributed by atoms with Gasteiger partial charge >= 0.3 is 5.97 Å². The van der Waals surface area contributed by atoms with Crippen LogP contribution in [-0.2, 0) is 4.79 Å². The van der Waals surface area contributed by atoms with Crippen LogP contribution in [0.15, 0.2) is 42.5 Å². The Kier molecular flexibility index (Phi) is 6.26. The van der Waals surface area contributed by atoms with Crippen molar-refractivity contribution in [1.82, 2.24) is 0 Å². The van der Waals surface area contributed by atoms with Gasteiger partial charge in [0, 0.05) is 17.8 Å². The molecule has 0 unspecified atom stereocenters. The Morgan fingerprint density at radius 1 is 1.07 bits per heavy atom.